The minimum absolute atomic E-state index is 0.0617. The first kappa shape index (κ1) is 18.0. The molecular weight excluding hydrogens is 280 g/mol. The van der Waals surface area contributed by atoms with Crippen LogP contribution in [0, 0.1) is 0 Å². The molecule has 122 valence electrons. The van der Waals surface area contributed by atoms with E-state index in [4.69, 9.17) is 4.74 Å². The number of nitrogens with one attached hydrogen (secondary N) is 1. The number of hydrogen-bond acceptors (Lipinski definition) is 3. The molecule has 0 unspecified atom stereocenters. The highest BCUT2D eigenvalue weighted by Gasteiger charge is 2.12. The standard InChI is InChI=1S/C17H26N2O3/c1-4-5-12-19(14(2)20)13-17(21)18-11-10-15-8-6-7-9-16(15)22-3/h6-9H,4-5,10-13H2,1-3H3,(H,18,21). The fourth-order valence-corrected chi connectivity index (χ4v) is 2.17. The van der Waals surface area contributed by atoms with Crippen molar-refractivity contribution in [2.24, 2.45) is 0 Å². The van der Waals surface area contributed by atoms with Crippen molar-refractivity contribution in [3.63, 3.8) is 0 Å². The van der Waals surface area contributed by atoms with Crippen LogP contribution >= 0.6 is 0 Å². The molecule has 5 heteroatoms. The minimum atomic E-state index is -0.124. The van der Waals surface area contributed by atoms with Gasteiger partial charge in [0.25, 0.3) is 0 Å². The maximum Gasteiger partial charge on any atom is 0.239 e. The first-order valence-electron chi connectivity index (χ1n) is 7.72. The van der Waals surface area contributed by atoms with Crippen LogP contribution in [-0.2, 0) is 16.0 Å². The summed E-state index contributed by atoms with van der Waals surface area (Å²) in [6, 6.07) is 7.74. The third-order valence-electron chi connectivity index (χ3n) is 3.47. The van der Waals surface area contributed by atoms with Crippen molar-refractivity contribution < 1.29 is 14.3 Å². The van der Waals surface area contributed by atoms with Crippen LogP contribution in [0.2, 0.25) is 0 Å². The molecule has 0 radical (unpaired) electrons. The van der Waals surface area contributed by atoms with Gasteiger partial charge in [-0.1, -0.05) is 31.5 Å². The van der Waals surface area contributed by atoms with Gasteiger partial charge in [0.05, 0.1) is 13.7 Å². The Balaban J connectivity index is 2.40. The van der Waals surface area contributed by atoms with Gasteiger partial charge in [-0.3, -0.25) is 9.59 Å². The highest BCUT2D eigenvalue weighted by Crippen LogP contribution is 2.17. The van der Waals surface area contributed by atoms with Gasteiger partial charge in [-0.15, -0.1) is 0 Å². The second-order valence-corrected chi connectivity index (χ2v) is 5.21. The van der Waals surface area contributed by atoms with E-state index in [1.165, 1.54) is 6.92 Å². The van der Waals surface area contributed by atoms with Crippen molar-refractivity contribution in [3.05, 3.63) is 29.8 Å². The minimum Gasteiger partial charge on any atom is -0.496 e. The number of nitrogens with zero attached hydrogens (tertiary/aromatic N) is 1. The largest absolute Gasteiger partial charge is 0.496 e. The predicted octanol–water partition coefficient (Wildman–Crippen LogP) is 2.00. The molecule has 22 heavy (non-hydrogen) atoms. The summed E-state index contributed by atoms with van der Waals surface area (Å²) in [6.07, 6.45) is 2.61. The number of ether oxygens (including phenoxy) is 1. The van der Waals surface area contributed by atoms with Crippen LogP contribution < -0.4 is 10.1 Å². The molecule has 0 spiro atoms. The number of carbonyl (C=O) groups is 2. The van der Waals surface area contributed by atoms with Crippen LogP contribution in [0.3, 0.4) is 0 Å². The number of para-hydroxylation sites is 1. The summed E-state index contributed by atoms with van der Waals surface area (Å²) in [5, 5.41) is 2.86. The summed E-state index contributed by atoms with van der Waals surface area (Å²) in [5.41, 5.74) is 1.06. The number of rotatable bonds is 9. The lowest BCUT2D eigenvalue weighted by Crippen LogP contribution is -2.40. The summed E-state index contributed by atoms with van der Waals surface area (Å²) >= 11 is 0. The average molecular weight is 306 g/mol. The molecule has 0 fully saturated rings. The number of amides is 2. The second-order valence-electron chi connectivity index (χ2n) is 5.21. The van der Waals surface area contributed by atoms with Crippen molar-refractivity contribution in [3.8, 4) is 5.75 Å². The van der Waals surface area contributed by atoms with Crippen molar-refractivity contribution in [2.75, 3.05) is 26.7 Å². The molecular formula is C17H26N2O3. The zero-order valence-corrected chi connectivity index (χ0v) is 13.7. The molecule has 0 bridgehead atoms. The van der Waals surface area contributed by atoms with E-state index in [1.54, 1.807) is 12.0 Å². The first-order valence-corrected chi connectivity index (χ1v) is 7.72. The Morgan fingerprint density at radius 2 is 2.00 bits per heavy atom. The van der Waals surface area contributed by atoms with Crippen molar-refractivity contribution in [2.45, 2.75) is 33.1 Å². The lowest BCUT2D eigenvalue weighted by Gasteiger charge is -2.20. The Morgan fingerprint density at radius 3 is 2.64 bits per heavy atom. The topological polar surface area (TPSA) is 58.6 Å². The van der Waals surface area contributed by atoms with E-state index in [0.29, 0.717) is 19.5 Å². The molecule has 0 aliphatic heterocycles. The molecule has 0 atom stereocenters. The SMILES string of the molecule is CCCCN(CC(=O)NCCc1ccccc1OC)C(C)=O. The second kappa shape index (κ2) is 9.82. The predicted molar refractivity (Wildman–Crippen MR) is 86.9 cm³/mol. The first-order chi connectivity index (χ1) is 10.6. The van der Waals surface area contributed by atoms with Gasteiger partial charge in [0, 0.05) is 20.0 Å². The smallest absolute Gasteiger partial charge is 0.239 e. The van der Waals surface area contributed by atoms with Crippen LogP contribution in [0.15, 0.2) is 24.3 Å². The molecule has 1 rings (SSSR count). The molecule has 1 aromatic carbocycles. The van der Waals surface area contributed by atoms with E-state index in [2.05, 4.69) is 12.2 Å². The number of unbranched alkanes of at least 4 members (excludes halogenated alkanes) is 1. The number of methoxy groups -OCH3 is 1. The summed E-state index contributed by atoms with van der Waals surface area (Å²) in [5.74, 6) is 0.639. The maximum absolute atomic E-state index is 11.9. The van der Waals surface area contributed by atoms with Crippen molar-refractivity contribution >= 4 is 11.8 Å². The Bertz CT molecular complexity index is 489. The summed E-state index contributed by atoms with van der Waals surface area (Å²) in [4.78, 5) is 25.0. The van der Waals surface area contributed by atoms with Crippen LogP contribution in [0.25, 0.3) is 0 Å². The van der Waals surface area contributed by atoms with E-state index in [0.717, 1.165) is 24.2 Å². The van der Waals surface area contributed by atoms with Crippen LogP contribution in [0.1, 0.15) is 32.3 Å². The van der Waals surface area contributed by atoms with Gasteiger partial charge in [-0.25, -0.2) is 0 Å². The fourth-order valence-electron chi connectivity index (χ4n) is 2.17. The maximum atomic E-state index is 11.9. The van der Waals surface area contributed by atoms with Gasteiger partial charge >= 0.3 is 0 Å². The molecule has 1 N–H and O–H groups in total. The van der Waals surface area contributed by atoms with Gasteiger partial charge in [0.1, 0.15) is 5.75 Å². The average Bonchev–Trinajstić information content (AvgIpc) is 2.51. The zero-order valence-electron chi connectivity index (χ0n) is 13.7. The Kier molecular flexibility index (Phi) is 8.04. The Hall–Kier alpha value is -2.04. The monoisotopic (exact) mass is 306 g/mol. The third kappa shape index (κ3) is 6.16. The quantitative estimate of drug-likeness (QED) is 0.759. The molecule has 0 heterocycles. The van der Waals surface area contributed by atoms with Gasteiger partial charge in [0.15, 0.2) is 0 Å². The lowest BCUT2D eigenvalue weighted by atomic mass is 10.1. The van der Waals surface area contributed by atoms with Gasteiger partial charge in [-0.2, -0.15) is 0 Å². The zero-order chi connectivity index (χ0) is 16.4. The molecule has 1 aromatic rings. The Morgan fingerprint density at radius 1 is 1.27 bits per heavy atom. The van der Waals surface area contributed by atoms with E-state index < -0.39 is 0 Å². The number of benzene rings is 1. The highest BCUT2D eigenvalue weighted by atomic mass is 16.5. The van der Waals surface area contributed by atoms with Crippen LogP contribution in [0.4, 0.5) is 0 Å². The molecule has 0 saturated carbocycles. The molecule has 0 aromatic heterocycles. The van der Waals surface area contributed by atoms with Crippen molar-refractivity contribution in [1.82, 2.24) is 10.2 Å². The molecule has 5 nitrogen and oxygen atoms in total. The normalized spacial score (nSPS) is 10.1. The molecule has 0 aliphatic carbocycles. The van der Waals surface area contributed by atoms with E-state index in [9.17, 15) is 9.59 Å². The molecule has 0 aliphatic rings. The Labute approximate surface area is 132 Å². The molecule has 0 saturated heterocycles. The summed E-state index contributed by atoms with van der Waals surface area (Å²) < 4.78 is 5.28. The lowest BCUT2D eigenvalue weighted by molar-refractivity contribution is -0.134. The van der Waals surface area contributed by atoms with Gasteiger partial charge in [-0.05, 0) is 24.5 Å². The van der Waals surface area contributed by atoms with Gasteiger partial charge in [0.2, 0.25) is 11.8 Å². The fraction of sp³-hybridized carbons (Fsp3) is 0.529. The van der Waals surface area contributed by atoms with Gasteiger partial charge < -0.3 is 15.0 Å². The van der Waals surface area contributed by atoms with E-state index >= 15 is 0 Å². The summed E-state index contributed by atoms with van der Waals surface area (Å²) in [6.45, 7) is 4.84. The van der Waals surface area contributed by atoms with E-state index in [-0.39, 0.29) is 18.4 Å². The number of carbonyl (C=O) groups excluding carboxylic acids is 2. The summed E-state index contributed by atoms with van der Waals surface area (Å²) in [7, 11) is 1.63. The van der Waals surface area contributed by atoms with Crippen molar-refractivity contribution in [1.29, 1.82) is 0 Å². The molecule has 2 amide bonds. The van der Waals surface area contributed by atoms with Crippen LogP contribution in [-0.4, -0.2) is 43.5 Å². The third-order valence-corrected chi connectivity index (χ3v) is 3.47. The number of hydrogen-bond donors (Lipinski definition) is 1. The van der Waals surface area contributed by atoms with Crippen LogP contribution in [0.5, 0.6) is 5.75 Å². The highest BCUT2D eigenvalue weighted by molar-refractivity contribution is 5.83. The van der Waals surface area contributed by atoms with E-state index in [1.807, 2.05) is 24.3 Å².